The SMILES string of the molecule is N#CCCN1CC[C@]2(c3ccccc3)Oc3ccccc3[C@@H]2C1. The van der Waals surface area contributed by atoms with Crippen molar-refractivity contribution in [2.45, 2.75) is 24.4 Å². The van der Waals surface area contributed by atoms with Gasteiger partial charge in [-0.15, -0.1) is 0 Å². The monoisotopic (exact) mass is 304 g/mol. The van der Waals surface area contributed by atoms with Gasteiger partial charge in [-0.1, -0.05) is 48.5 Å². The lowest BCUT2D eigenvalue weighted by molar-refractivity contribution is 0.000445. The highest BCUT2D eigenvalue weighted by Crippen LogP contribution is 2.54. The summed E-state index contributed by atoms with van der Waals surface area (Å²) < 4.78 is 6.55. The number of hydrogen-bond donors (Lipinski definition) is 0. The third kappa shape index (κ3) is 2.31. The molecule has 116 valence electrons. The van der Waals surface area contributed by atoms with Gasteiger partial charge in [0.2, 0.25) is 0 Å². The average molecular weight is 304 g/mol. The van der Waals surface area contributed by atoms with Crippen LogP contribution in [0, 0.1) is 11.3 Å². The normalized spacial score (nSPS) is 26.0. The molecule has 3 nitrogen and oxygen atoms in total. The van der Waals surface area contributed by atoms with Crippen molar-refractivity contribution in [1.82, 2.24) is 4.90 Å². The zero-order valence-electron chi connectivity index (χ0n) is 13.1. The summed E-state index contributed by atoms with van der Waals surface area (Å²) in [6.07, 6.45) is 1.55. The maximum Gasteiger partial charge on any atom is 0.143 e. The van der Waals surface area contributed by atoms with Crippen LogP contribution in [0.1, 0.15) is 29.9 Å². The van der Waals surface area contributed by atoms with E-state index in [2.05, 4.69) is 59.5 Å². The fourth-order valence-electron chi connectivity index (χ4n) is 4.06. The highest BCUT2D eigenvalue weighted by Gasteiger charge is 2.52. The molecular weight excluding hydrogens is 284 g/mol. The van der Waals surface area contributed by atoms with Crippen molar-refractivity contribution in [2.24, 2.45) is 0 Å². The Labute approximate surface area is 137 Å². The van der Waals surface area contributed by atoms with E-state index in [9.17, 15) is 0 Å². The molecule has 2 atom stereocenters. The number of piperidine rings is 1. The number of benzene rings is 2. The summed E-state index contributed by atoms with van der Waals surface area (Å²) in [4.78, 5) is 2.40. The van der Waals surface area contributed by atoms with Crippen molar-refractivity contribution in [1.29, 1.82) is 5.26 Å². The van der Waals surface area contributed by atoms with Crippen LogP contribution in [0.4, 0.5) is 0 Å². The standard InChI is InChI=1S/C20H20N2O/c21-12-6-13-22-14-11-20(16-7-2-1-3-8-16)18(15-22)17-9-4-5-10-19(17)23-20/h1-5,7-10,18H,6,11,13-15H2/t18-,20+/m0/s1. The first-order chi connectivity index (χ1) is 11.3. The second-order valence-electron chi connectivity index (χ2n) is 6.41. The third-order valence-corrected chi connectivity index (χ3v) is 5.19. The van der Waals surface area contributed by atoms with Gasteiger partial charge in [0.15, 0.2) is 0 Å². The van der Waals surface area contributed by atoms with E-state index in [0.717, 1.165) is 31.8 Å². The molecule has 4 rings (SSSR count). The molecule has 0 unspecified atom stereocenters. The van der Waals surface area contributed by atoms with Crippen molar-refractivity contribution < 1.29 is 4.74 Å². The molecule has 0 amide bonds. The minimum Gasteiger partial charge on any atom is -0.482 e. The molecule has 2 aliphatic heterocycles. The van der Waals surface area contributed by atoms with Crippen LogP contribution in [0.15, 0.2) is 54.6 Å². The van der Waals surface area contributed by atoms with Crippen LogP contribution in [0.5, 0.6) is 5.75 Å². The van der Waals surface area contributed by atoms with Gasteiger partial charge >= 0.3 is 0 Å². The minimum atomic E-state index is -0.256. The molecule has 0 saturated carbocycles. The van der Waals surface area contributed by atoms with Gasteiger partial charge in [0.25, 0.3) is 0 Å². The van der Waals surface area contributed by atoms with Crippen molar-refractivity contribution in [3.8, 4) is 11.8 Å². The van der Waals surface area contributed by atoms with Crippen molar-refractivity contribution in [3.05, 3.63) is 65.7 Å². The molecule has 3 heteroatoms. The van der Waals surface area contributed by atoms with E-state index in [-0.39, 0.29) is 5.60 Å². The number of rotatable bonds is 3. The second kappa shape index (κ2) is 5.72. The number of fused-ring (bicyclic) bond motifs is 3. The summed E-state index contributed by atoms with van der Waals surface area (Å²) >= 11 is 0. The Morgan fingerprint density at radius 1 is 1.13 bits per heavy atom. The van der Waals surface area contributed by atoms with E-state index < -0.39 is 0 Å². The Balaban J connectivity index is 1.73. The topological polar surface area (TPSA) is 36.3 Å². The van der Waals surface area contributed by atoms with Crippen molar-refractivity contribution >= 4 is 0 Å². The summed E-state index contributed by atoms with van der Waals surface area (Å²) in [5, 5.41) is 8.87. The Bertz CT molecular complexity index is 737. The van der Waals surface area contributed by atoms with E-state index in [0.29, 0.717) is 12.3 Å². The molecule has 0 aliphatic carbocycles. The third-order valence-electron chi connectivity index (χ3n) is 5.19. The molecular formula is C20H20N2O. The average Bonchev–Trinajstić information content (AvgIpc) is 2.96. The minimum absolute atomic E-state index is 0.256. The molecule has 0 bridgehead atoms. The first-order valence-electron chi connectivity index (χ1n) is 8.26. The molecule has 0 aromatic heterocycles. The zero-order chi connectivity index (χ0) is 15.7. The largest absolute Gasteiger partial charge is 0.482 e. The summed E-state index contributed by atoms with van der Waals surface area (Å²) in [6.45, 7) is 2.77. The molecule has 2 aromatic rings. The quantitative estimate of drug-likeness (QED) is 0.868. The van der Waals surface area contributed by atoms with E-state index in [1.165, 1.54) is 11.1 Å². The summed E-state index contributed by atoms with van der Waals surface area (Å²) in [5.41, 5.74) is 2.31. The van der Waals surface area contributed by atoms with Crippen LogP contribution >= 0.6 is 0 Å². The maximum atomic E-state index is 8.87. The van der Waals surface area contributed by atoms with Gasteiger partial charge in [0.1, 0.15) is 11.4 Å². The van der Waals surface area contributed by atoms with E-state index in [1.54, 1.807) is 0 Å². The molecule has 2 aliphatic rings. The lowest BCUT2D eigenvalue weighted by Gasteiger charge is -2.43. The molecule has 0 radical (unpaired) electrons. The number of para-hydroxylation sites is 1. The van der Waals surface area contributed by atoms with Crippen LogP contribution in [-0.4, -0.2) is 24.5 Å². The first kappa shape index (κ1) is 14.3. The number of nitriles is 1. The summed E-state index contributed by atoms with van der Waals surface area (Å²) in [7, 11) is 0. The molecule has 23 heavy (non-hydrogen) atoms. The van der Waals surface area contributed by atoms with Gasteiger partial charge in [-0.25, -0.2) is 0 Å². The fourth-order valence-corrected chi connectivity index (χ4v) is 4.06. The predicted molar refractivity (Wildman–Crippen MR) is 89.2 cm³/mol. The molecule has 1 saturated heterocycles. The Morgan fingerprint density at radius 3 is 2.74 bits per heavy atom. The molecule has 0 spiro atoms. The van der Waals surface area contributed by atoms with E-state index in [4.69, 9.17) is 10.00 Å². The van der Waals surface area contributed by atoms with Gasteiger partial charge in [-0.05, 0) is 11.6 Å². The van der Waals surface area contributed by atoms with Gasteiger partial charge in [0.05, 0.1) is 6.07 Å². The number of ether oxygens (including phenoxy) is 1. The van der Waals surface area contributed by atoms with Crippen LogP contribution < -0.4 is 4.74 Å². The predicted octanol–water partition coefficient (Wildman–Crippen LogP) is 3.68. The summed E-state index contributed by atoms with van der Waals surface area (Å²) in [6, 6.07) is 21.3. The highest BCUT2D eigenvalue weighted by atomic mass is 16.5. The summed E-state index contributed by atoms with van der Waals surface area (Å²) in [5.74, 6) is 1.34. The van der Waals surface area contributed by atoms with Crippen LogP contribution in [0.25, 0.3) is 0 Å². The lowest BCUT2D eigenvalue weighted by atomic mass is 9.74. The maximum absolute atomic E-state index is 8.87. The smallest absolute Gasteiger partial charge is 0.143 e. The van der Waals surface area contributed by atoms with Gasteiger partial charge in [-0.3, -0.25) is 0 Å². The Morgan fingerprint density at radius 2 is 1.91 bits per heavy atom. The molecule has 1 fully saturated rings. The molecule has 2 aromatic carbocycles. The number of hydrogen-bond acceptors (Lipinski definition) is 3. The van der Waals surface area contributed by atoms with Gasteiger partial charge < -0.3 is 9.64 Å². The van der Waals surface area contributed by atoms with E-state index >= 15 is 0 Å². The number of nitrogens with zero attached hydrogens (tertiary/aromatic N) is 2. The van der Waals surface area contributed by atoms with Crippen LogP contribution in [0.3, 0.4) is 0 Å². The second-order valence-corrected chi connectivity index (χ2v) is 6.41. The Kier molecular flexibility index (Phi) is 3.55. The highest BCUT2D eigenvalue weighted by molar-refractivity contribution is 5.47. The van der Waals surface area contributed by atoms with Gasteiger partial charge in [-0.2, -0.15) is 5.26 Å². The van der Waals surface area contributed by atoms with Gasteiger partial charge in [0, 0.05) is 44.0 Å². The fraction of sp³-hybridized carbons (Fsp3) is 0.350. The van der Waals surface area contributed by atoms with Crippen LogP contribution in [-0.2, 0) is 5.60 Å². The van der Waals surface area contributed by atoms with Crippen molar-refractivity contribution in [3.63, 3.8) is 0 Å². The molecule has 2 heterocycles. The lowest BCUT2D eigenvalue weighted by Crippen LogP contribution is -2.49. The zero-order valence-corrected chi connectivity index (χ0v) is 13.1. The number of likely N-dealkylation sites (tertiary alicyclic amines) is 1. The first-order valence-corrected chi connectivity index (χ1v) is 8.26. The molecule has 0 N–H and O–H groups in total. The van der Waals surface area contributed by atoms with Crippen LogP contribution in [0.2, 0.25) is 0 Å². The van der Waals surface area contributed by atoms with E-state index in [1.807, 2.05) is 6.07 Å². The Hall–Kier alpha value is -2.31. The van der Waals surface area contributed by atoms with Crippen molar-refractivity contribution in [2.75, 3.05) is 19.6 Å².